The van der Waals surface area contributed by atoms with Gasteiger partial charge in [0.15, 0.2) is 12.1 Å². The maximum absolute atomic E-state index is 5.87. The van der Waals surface area contributed by atoms with E-state index >= 15 is 0 Å². The molecule has 0 N–H and O–H groups in total. The molecule has 1 aromatic rings. The lowest BCUT2D eigenvalue weighted by Gasteiger charge is -2.21. The second-order valence-corrected chi connectivity index (χ2v) is 5.14. The van der Waals surface area contributed by atoms with Crippen molar-refractivity contribution in [1.82, 2.24) is 0 Å². The number of rotatable bonds is 3. The molecule has 2 fully saturated rings. The molecule has 18 heavy (non-hydrogen) atoms. The number of ether oxygens (including phenoxy) is 4. The fourth-order valence-electron chi connectivity index (χ4n) is 2.34. The van der Waals surface area contributed by atoms with Crippen LogP contribution in [-0.2, 0) is 25.6 Å². The van der Waals surface area contributed by atoms with Crippen LogP contribution in [0.2, 0.25) is 0 Å². The van der Waals surface area contributed by atoms with Gasteiger partial charge in [0.25, 0.3) is 0 Å². The van der Waals surface area contributed by atoms with Crippen LogP contribution in [0.15, 0.2) is 30.3 Å². The molecule has 98 valence electrons. The van der Waals surface area contributed by atoms with Crippen molar-refractivity contribution in [2.75, 3.05) is 6.61 Å². The van der Waals surface area contributed by atoms with Gasteiger partial charge in [0.1, 0.15) is 12.2 Å². The average Bonchev–Trinajstić information content (AvgIpc) is 2.83. The molecule has 2 heterocycles. The summed E-state index contributed by atoms with van der Waals surface area (Å²) < 4.78 is 22.8. The van der Waals surface area contributed by atoms with Gasteiger partial charge in [0, 0.05) is 0 Å². The SMILES string of the molecule is CC1(C)OC2OCC(OCc3ccccc3)C2O1. The zero-order chi connectivity index (χ0) is 12.6. The molecule has 0 radical (unpaired) electrons. The van der Waals surface area contributed by atoms with Gasteiger partial charge < -0.3 is 18.9 Å². The minimum atomic E-state index is -0.579. The van der Waals surface area contributed by atoms with Gasteiger partial charge in [-0.25, -0.2) is 0 Å². The second kappa shape index (κ2) is 4.63. The molecular weight excluding hydrogens is 232 g/mol. The van der Waals surface area contributed by atoms with Crippen LogP contribution in [0.5, 0.6) is 0 Å². The highest BCUT2D eigenvalue weighted by atomic mass is 16.8. The van der Waals surface area contributed by atoms with Crippen molar-refractivity contribution >= 4 is 0 Å². The molecule has 0 amide bonds. The molecule has 1 aromatic carbocycles. The number of benzene rings is 1. The summed E-state index contributed by atoms with van der Waals surface area (Å²) in [4.78, 5) is 0. The van der Waals surface area contributed by atoms with E-state index in [9.17, 15) is 0 Å². The van der Waals surface area contributed by atoms with Gasteiger partial charge in [0.05, 0.1) is 13.2 Å². The first-order chi connectivity index (χ1) is 8.64. The van der Waals surface area contributed by atoms with Gasteiger partial charge in [-0.1, -0.05) is 30.3 Å². The molecule has 0 aliphatic carbocycles. The van der Waals surface area contributed by atoms with Gasteiger partial charge >= 0.3 is 0 Å². The standard InChI is InChI=1S/C14H18O4/c1-14(2)17-12-11(9-16-13(12)18-14)15-8-10-6-4-3-5-7-10/h3-7,11-13H,8-9H2,1-2H3. The first kappa shape index (κ1) is 12.1. The molecule has 4 heteroatoms. The Labute approximate surface area is 107 Å². The van der Waals surface area contributed by atoms with E-state index in [1.54, 1.807) is 0 Å². The highest BCUT2D eigenvalue weighted by Crippen LogP contribution is 2.35. The lowest BCUT2D eigenvalue weighted by atomic mass is 10.2. The van der Waals surface area contributed by atoms with Crippen molar-refractivity contribution in [2.24, 2.45) is 0 Å². The van der Waals surface area contributed by atoms with Gasteiger partial charge in [-0.15, -0.1) is 0 Å². The van der Waals surface area contributed by atoms with E-state index in [0.717, 1.165) is 5.56 Å². The summed E-state index contributed by atoms with van der Waals surface area (Å²) in [7, 11) is 0. The Kier molecular flexibility index (Phi) is 3.11. The van der Waals surface area contributed by atoms with Crippen LogP contribution >= 0.6 is 0 Å². The van der Waals surface area contributed by atoms with Crippen molar-refractivity contribution in [1.29, 1.82) is 0 Å². The molecule has 0 saturated carbocycles. The van der Waals surface area contributed by atoms with Crippen LogP contribution in [0.3, 0.4) is 0 Å². The minimum Gasteiger partial charge on any atom is -0.368 e. The van der Waals surface area contributed by atoms with Crippen molar-refractivity contribution in [2.45, 2.75) is 44.7 Å². The topological polar surface area (TPSA) is 36.9 Å². The molecule has 0 bridgehead atoms. The average molecular weight is 250 g/mol. The second-order valence-electron chi connectivity index (χ2n) is 5.14. The normalized spacial score (nSPS) is 33.6. The largest absolute Gasteiger partial charge is 0.368 e. The first-order valence-electron chi connectivity index (χ1n) is 6.27. The van der Waals surface area contributed by atoms with Gasteiger partial charge in [-0.05, 0) is 19.4 Å². The molecule has 3 unspecified atom stereocenters. The third-order valence-electron chi connectivity index (χ3n) is 3.19. The lowest BCUT2D eigenvalue weighted by Crippen LogP contribution is -2.32. The van der Waals surface area contributed by atoms with Crippen molar-refractivity contribution in [3.8, 4) is 0 Å². The van der Waals surface area contributed by atoms with Gasteiger partial charge in [0.2, 0.25) is 0 Å². The van der Waals surface area contributed by atoms with E-state index in [-0.39, 0.29) is 18.5 Å². The van der Waals surface area contributed by atoms with E-state index in [1.165, 1.54) is 0 Å². The molecule has 2 aliphatic heterocycles. The summed E-state index contributed by atoms with van der Waals surface area (Å²) in [5.74, 6) is -0.579. The molecule has 3 atom stereocenters. The van der Waals surface area contributed by atoms with Crippen LogP contribution < -0.4 is 0 Å². The van der Waals surface area contributed by atoms with Crippen LogP contribution in [0.4, 0.5) is 0 Å². The molecule has 0 spiro atoms. The predicted octanol–water partition coefficient (Wildman–Crippen LogP) is 2.08. The van der Waals surface area contributed by atoms with Gasteiger partial charge in [-0.3, -0.25) is 0 Å². The molecule has 4 nitrogen and oxygen atoms in total. The van der Waals surface area contributed by atoms with Crippen molar-refractivity contribution in [3.05, 3.63) is 35.9 Å². The summed E-state index contributed by atoms with van der Waals surface area (Å²) in [5, 5.41) is 0. The maximum atomic E-state index is 5.87. The van der Waals surface area contributed by atoms with E-state index in [1.807, 2.05) is 44.2 Å². The minimum absolute atomic E-state index is 0.0584. The van der Waals surface area contributed by atoms with Gasteiger partial charge in [-0.2, -0.15) is 0 Å². The fourth-order valence-corrected chi connectivity index (χ4v) is 2.34. The fraction of sp³-hybridized carbons (Fsp3) is 0.571. The van der Waals surface area contributed by atoms with Crippen LogP contribution in [0.1, 0.15) is 19.4 Å². The van der Waals surface area contributed by atoms with E-state index < -0.39 is 5.79 Å². The smallest absolute Gasteiger partial charge is 0.189 e. The summed E-state index contributed by atoms with van der Waals surface area (Å²) in [6, 6.07) is 10.1. The number of fused-ring (bicyclic) bond motifs is 1. The Morgan fingerprint density at radius 3 is 2.78 bits per heavy atom. The third kappa shape index (κ3) is 2.42. The molecule has 3 rings (SSSR count). The molecule has 2 saturated heterocycles. The summed E-state index contributed by atoms with van der Waals surface area (Å²) in [6.45, 7) is 4.88. The van der Waals surface area contributed by atoms with E-state index in [2.05, 4.69) is 0 Å². The third-order valence-corrected chi connectivity index (χ3v) is 3.19. The maximum Gasteiger partial charge on any atom is 0.189 e. The quantitative estimate of drug-likeness (QED) is 0.823. The Morgan fingerprint density at radius 1 is 1.22 bits per heavy atom. The zero-order valence-electron chi connectivity index (χ0n) is 10.7. The highest BCUT2D eigenvalue weighted by Gasteiger charge is 2.50. The Hall–Kier alpha value is -0.940. The molecular formula is C14H18O4. The Morgan fingerprint density at radius 2 is 2.00 bits per heavy atom. The van der Waals surface area contributed by atoms with Crippen LogP contribution in [-0.4, -0.2) is 30.9 Å². The number of hydrogen-bond donors (Lipinski definition) is 0. The van der Waals surface area contributed by atoms with E-state index in [0.29, 0.717) is 13.2 Å². The number of hydrogen-bond acceptors (Lipinski definition) is 4. The Balaban J connectivity index is 1.58. The highest BCUT2D eigenvalue weighted by molar-refractivity contribution is 5.13. The molecule has 2 aliphatic rings. The lowest BCUT2D eigenvalue weighted by molar-refractivity contribution is -0.203. The monoisotopic (exact) mass is 250 g/mol. The summed E-state index contributed by atoms with van der Waals surface area (Å²) >= 11 is 0. The van der Waals surface area contributed by atoms with Crippen molar-refractivity contribution in [3.63, 3.8) is 0 Å². The van der Waals surface area contributed by atoms with Crippen LogP contribution in [0.25, 0.3) is 0 Å². The van der Waals surface area contributed by atoms with E-state index in [4.69, 9.17) is 18.9 Å². The van der Waals surface area contributed by atoms with Crippen molar-refractivity contribution < 1.29 is 18.9 Å². The molecule has 0 aromatic heterocycles. The summed E-state index contributed by atoms with van der Waals surface area (Å²) in [6.07, 6.45) is -0.471. The first-order valence-corrected chi connectivity index (χ1v) is 6.27. The summed E-state index contributed by atoms with van der Waals surface area (Å²) in [5.41, 5.74) is 1.15. The Bertz CT molecular complexity index is 404. The zero-order valence-corrected chi connectivity index (χ0v) is 10.7. The predicted molar refractivity (Wildman–Crippen MR) is 64.8 cm³/mol. The van der Waals surface area contributed by atoms with Crippen LogP contribution in [0, 0.1) is 0 Å².